The van der Waals surface area contributed by atoms with Crippen LogP contribution in [0.2, 0.25) is 5.02 Å². The van der Waals surface area contributed by atoms with E-state index in [9.17, 15) is 0 Å². The van der Waals surface area contributed by atoms with E-state index in [0.717, 1.165) is 23.7 Å². The Balaban J connectivity index is 0.000000315. The van der Waals surface area contributed by atoms with Crippen molar-refractivity contribution in [2.45, 2.75) is 13.1 Å². The number of benzene rings is 1. The van der Waals surface area contributed by atoms with Crippen LogP contribution in [0.4, 0.5) is 0 Å². The molecule has 1 aromatic heterocycles. The Hall–Kier alpha value is -1.89. The molecule has 0 amide bonds. The van der Waals surface area contributed by atoms with Crippen LogP contribution in [0.25, 0.3) is 0 Å². The Kier molecular flexibility index (Phi) is 7.45. The van der Waals surface area contributed by atoms with Gasteiger partial charge in [0.2, 0.25) is 0 Å². The zero-order valence-electron chi connectivity index (χ0n) is 11.0. The summed E-state index contributed by atoms with van der Waals surface area (Å²) < 4.78 is 0. The highest BCUT2D eigenvalue weighted by Crippen LogP contribution is 2.15. The van der Waals surface area contributed by atoms with Gasteiger partial charge in [0.15, 0.2) is 0 Å². The van der Waals surface area contributed by atoms with Gasteiger partial charge in [0.25, 0.3) is 0 Å². The molecule has 3 N–H and O–H groups in total. The fraction of sp³-hybridized carbons (Fsp3) is 0.143. The van der Waals surface area contributed by atoms with Crippen LogP contribution >= 0.6 is 22.9 Å². The van der Waals surface area contributed by atoms with Crippen molar-refractivity contribution in [1.29, 1.82) is 0 Å². The number of hydrogen-bond donors (Lipinski definition) is 3. The topological polar surface area (TPSA) is 86.6 Å². The van der Waals surface area contributed by atoms with Crippen molar-refractivity contribution in [3.05, 3.63) is 57.2 Å². The van der Waals surface area contributed by atoms with Crippen LogP contribution in [0.1, 0.15) is 10.4 Å². The van der Waals surface area contributed by atoms with Gasteiger partial charge >= 0.3 is 11.9 Å². The lowest BCUT2D eigenvalue weighted by atomic mass is 10.2. The fourth-order valence-electron chi connectivity index (χ4n) is 1.38. The lowest BCUT2D eigenvalue weighted by Gasteiger charge is -2.04. The number of carboxylic acid groups (broad SMARTS) is 2. The number of hydrogen-bond acceptors (Lipinski definition) is 4. The molecule has 0 spiro atoms. The number of aliphatic carboxylic acids is 2. The van der Waals surface area contributed by atoms with Crippen molar-refractivity contribution in [3.63, 3.8) is 0 Å². The minimum Gasteiger partial charge on any atom is -0.473 e. The molecule has 7 heteroatoms. The Labute approximate surface area is 130 Å². The van der Waals surface area contributed by atoms with Gasteiger partial charge < -0.3 is 15.5 Å². The van der Waals surface area contributed by atoms with Gasteiger partial charge in [0.05, 0.1) is 0 Å². The standard InChI is InChI=1S/C12H12ClNS.C2H2O4/c13-12-6-2-1-4-10(12)8-14-9-11-5-3-7-15-11;3-1(4)2(5)6/h1-7,14H,8-9H2;(H,3,4)(H,5,6). The van der Waals surface area contributed by atoms with Gasteiger partial charge in [-0.05, 0) is 23.1 Å². The van der Waals surface area contributed by atoms with Crippen molar-refractivity contribution in [1.82, 2.24) is 5.32 Å². The molecule has 21 heavy (non-hydrogen) atoms. The van der Waals surface area contributed by atoms with Gasteiger partial charge in [-0.3, -0.25) is 0 Å². The Bertz CT molecular complexity index is 574. The normalized spacial score (nSPS) is 9.57. The van der Waals surface area contributed by atoms with Crippen LogP contribution < -0.4 is 5.32 Å². The molecule has 0 radical (unpaired) electrons. The second kappa shape index (κ2) is 9.12. The summed E-state index contributed by atoms with van der Waals surface area (Å²) in [4.78, 5) is 19.5. The Morgan fingerprint density at radius 1 is 1.05 bits per heavy atom. The number of carboxylic acids is 2. The lowest BCUT2D eigenvalue weighted by molar-refractivity contribution is -0.159. The van der Waals surface area contributed by atoms with Gasteiger partial charge in [-0.15, -0.1) is 11.3 Å². The average Bonchev–Trinajstić information content (AvgIpc) is 2.95. The third kappa shape index (κ3) is 6.89. The number of halogens is 1. The number of rotatable bonds is 4. The van der Waals surface area contributed by atoms with E-state index in [1.54, 1.807) is 11.3 Å². The molecule has 0 atom stereocenters. The van der Waals surface area contributed by atoms with Crippen molar-refractivity contribution in [3.8, 4) is 0 Å². The predicted molar refractivity (Wildman–Crippen MR) is 81.6 cm³/mol. The maximum absolute atomic E-state index is 9.10. The average molecular weight is 328 g/mol. The van der Waals surface area contributed by atoms with Crippen LogP contribution in [0.15, 0.2) is 41.8 Å². The summed E-state index contributed by atoms with van der Waals surface area (Å²) in [5.41, 5.74) is 1.15. The first-order valence-electron chi connectivity index (χ1n) is 5.93. The van der Waals surface area contributed by atoms with E-state index in [0.29, 0.717) is 0 Å². The van der Waals surface area contributed by atoms with Gasteiger partial charge in [-0.1, -0.05) is 35.9 Å². The van der Waals surface area contributed by atoms with Crippen LogP contribution in [-0.2, 0) is 22.7 Å². The predicted octanol–water partition coefficient (Wildman–Crippen LogP) is 2.85. The summed E-state index contributed by atoms with van der Waals surface area (Å²) in [5.74, 6) is -3.65. The molecule has 0 saturated carbocycles. The second-order valence-electron chi connectivity index (χ2n) is 3.88. The van der Waals surface area contributed by atoms with Gasteiger partial charge in [-0.25, -0.2) is 9.59 Å². The van der Waals surface area contributed by atoms with Gasteiger partial charge in [0, 0.05) is 23.0 Å². The van der Waals surface area contributed by atoms with Crippen LogP contribution in [0, 0.1) is 0 Å². The number of nitrogens with one attached hydrogen (secondary N) is 1. The van der Waals surface area contributed by atoms with E-state index in [-0.39, 0.29) is 0 Å². The van der Waals surface area contributed by atoms with E-state index in [1.165, 1.54) is 4.88 Å². The summed E-state index contributed by atoms with van der Waals surface area (Å²) >= 11 is 7.81. The smallest absolute Gasteiger partial charge is 0.414 e. The van der Waals surface area contributed by atoms with Crippen LogP contribution in [0.3, 0.4) is 0 Å². The highest BCUT2D eigenvalue weighted by molar-refractivity contribution is 7.09. The van der Waals surface area contributed by atoms with E-state index < -0.39 is 11.9 Å². The highest BCUT2D eigenvalue weighted by atomic mass is 35.5. The molecular weight excluding hydrogens is 314 g/mol. The number of thiophene rings is 1. The molecule has 1 aromatic carbocycles. The molecule has 2 rings (SSSR count). The zero-order chi connectivity index (χ0) is 15.7. The Morgan fingerprint density at radius 3 is 2.24 bits per heavy atom. The minimum absolute atomic E-state index is 0.817. The fourth-order valence-corrected chi connectivity index (χ4v) is 2.25. The third-order valence-electron chi connectivity index (χ3n) is 2.34. The molecule has 0 saturated heterocycles. The van der Waals surface area contributed by atoms with Crippen LogP contribution in [-0.4, -0.2) is 22.2 Å². The molecule has 1 heterocycles. The van der Waals surface area contributed by atoms with E-state index in [4.69, 9.17) is 31.4 Å². The summed E-state index contributed by atoms with van der Waals surface area (Å²) in [7, 11) is 0. The molecule has 5 nitrogen and oxygen atoms in total. The second-order valence-corrected chi connectivity index (χ2v) is 5.32. The Morgan fingerprint density at radius 2 is 1.71 bits per heavy atom. The molecule has 0 bridgehead atoms. The molecular formula is C14H14ClNO4S. The van der Waals surface area contributed by atoms with Gasteiger partial charge in [-0.2, -0.15) is 0 Å². The molecule has 112 valence electrons. The van der Waals surface area contributed by atoms with E-state index in [1.807, 2.05) is 24.3 Å². The first-order valence-corrected chi connectivity index (χ1v) is 7.19. The minimum atomic E-state index is -1.82. The van der Waals surface area contributed by atoms with E-state index >= 15 is 0 Å². The molecule has 0 aliphatic rings. The molecule has 0 unspecified atom stereocenters. The maximum Gasteiger partial charge on any atom is 0.414 e. The first-order chi connectivity index (χ1) is 10.0. The monoisotopic (exact) mass is 327 g/mol. The largest absolute Gasteiger partial charge is 0.473 e. The summed E-state index contributed by atoms with van der Waals surface area (Å²) in [5, 5.41) is 21.1. The summed E-state index contributed by atoms with van der Waals surface area (Å²) in [6.45, 7) is 1.72. The van der Waals surface area contributed by atoms with Crippen molar-refractivity contribution >= 4 is 34.9 Å². The molecule has 0 aliphatic heterocycles. The van der Waals surface area contributed by atoms with Crippen LogP contribution in [0.5, 0.6) is 0 Å². The zero-order valence-corrected chi connectivity index (χ0v) is 12.5. The maximum atomic E-state index is 9.10. The molecule has 2 aromatic rings. The summed E-state index contributed by atoms with van der Waals surface area (Å²) in [6.07, 6.45) is 0. The SMILES string of the molecule is Clc1ccccc1CNCc1cccs1.O=C(O)C(=O)O. The van der Waals surface area contributed by atoms with Crippen molar-refractivity contribution < 1.29 is 19.8 Å². The first kappa shape index (κ1) is 17.2. The quantitative estimate of drug-likeness (QED) is 0.752. The number of carbonyl (C=O) groups is 2. The van der Waals surface area contributed by atoms with Crippen molar-refractivity contribution in [2.24, 2.45) is 0 Å². The van der Waals surface area contributed by atoms with E-state index in [2.05, 4.69) is 22.8 Å². The van der Waals surface area contributed by atoms with Gasteiger partial charge in [0.1, 0.15) is 0 Å². The third-order valence-corrected chi connectivity index (χ3v) is 3.58. The lowest BCUT2D eigenvalue weighted by Crippen LogP contribution is -2.11. The van der Waals surface area contributed by atoms with Crippen molar-refractivity contribution in [2.75, 3.05) is 0 Å². The summed E-state index contributed by atoms with van der Waals surface area (Å²) in [6, 6.07) is 12.1. The molecule has 0 aliphatic carbocycles. The molecule has 0 fully saturated rings. The highest BCUT2D eigenvalue weighted by Gasteiger charge is 2.04.